The van der Waals surface area contributed by atoms with Gasteiger partial charge in [-0.15, -0.1) is 0 Å². The number of carbonyl (C=O) groups is 1. The lowest BCUT2D eigenvalue weighted by atomic mass is 9.92. The summed E-state index contributed by atoms with van der Waals surface area (Å²) in [6.07, 6.45) is 6.05. The third kappa shape index (κ3) is 22.1. The van der Waals surface area contributed by atoms with Crippen LogP contribution in [0.3, 0.4) is 0 Å². The second kappa shape index (κ2) is 23.6. The Bertz CT molecular complexity index is 704. The molecule has 0 atom stereocenters. The molecule has 0 amide bonds. The SMILES string of the molecule is CC.CC(=O)C(C)(C)C.CCC.CCCc1ccc(C(C)C)cc1.CCCc1ccc(OC)cc1. The fourth-order valence-corrected chi connectivity index (χ4v) is 2.44. The fourth-order valence-electron chi connectivity index (χ4n) is 2.44. The van der Waals surface area contributed by atoms with Gasteiger partial charge in [-0.2, -0.15) is 0 Å². The van der Waals surface area contributed by atoms with Crippen LogP contribution in [-0.2, 0) is 17.6 Å². The molecule has 0 heterocycles. The van der Waals surface area contributed by atoms with Crippen LogP contribution in [0.15, 0.2) is 48.5 Å². The number of aryl methyl sites for hydroxylation is 2. The van der Waals surface area contributed by atoms with Gasteiger partial charge in [-0.1, -0.05) is 132 Å². The highest BCUT2D eigenvalue weighted by Gasteiger charge is 2.14. The predicted octanol–water partition coefficient (Wildman–Crippen LogP) is 10.5. The van der Waals surface area contributed by atoms with Gasteiger partial charge in [0, 0.05) is 5.41 Å². The molecule has 2 aromatic rings. The molecular formula is C33H58O2. The molecule has 2 rings (SSSR count). The van der Waals surface area contributed by atoms with E-state index in [0.29, 0.717) is 5.92 Å². The second-order valence-corrected chi connectivity index (χ2v) is 9.76. The maximum Gasteiger partial charge on any atom is 0.135 e. The van der Waals surface area contributed by atoms with Crippen molar-refractivity contribution >= 4 is 5.78 Å². The van der Waals surface area contributed by atoms with Crippen molar-refractivity contribution in [1.82, 2.24) is 0 Å². The van der Waals surface area contributed by atoms with Crippen molar-refractivity contribution in [3.05, 3.63) is 65.2 Å². The quantitative estimate of drug-likeness (QED) is 0.406. The topological polar surface area (TPSA) is 26.3 Å². The minimum atomic E-state index is -0.139. The Morgan fingerprint density at radius 2 is 1.09 bits per heavy atom. The summed E-state index contributed by atoms with van der Waals surface area (Å²) in [5, 5.41) is 0. The lowest BCUT2D eigenvalue weighted by Crippen LogP contribution is -2.15. The van der Waals surface area contributed by atoms with Gasteiger partial charge in [-0.25, -0.2) is 0 Å². The van der Waals surface area contributed by atoms with Gasteiger partial charge in [0.2, 0.25) is 0 Å². The molecule has 0 saturated heterocycles. The number of carbonyl (C=O) groups excluding carboxylic acids is 1. The standard InChI is InChI=1S/C12H18.C10H14O.C6H12O.C3H8.C2H6/c1-4-5-11-6-8-12(9-7-11)10(2)3;1-3-4-9-5-7-10(11-2)8-6-9;1-5(7)6(2,3)4;1-3-2;1-2/h6-10H,4-5H2,1-3H3;5-8H,3-4H2,1-2H3;1-4H3;3H2,1-2H3;1-2H3. The molecule has 0 unspecified atom stereocenters. The van der Waals surface area contributed by atoms with Gasteiger partial charge in [0.1, 0.15) is 11.5 Å². The first kappa shape index (κ1) is 37.5. The molecule has 0 radical (unpaired) electrons. The summed E-state index contributed by atoms with van der Waals surface area (Å²) >= 11 is 0. The van der Waals surface area contributed by atoms with E-state index in [0.717, 1.165) is 12.2 Å². The van der Waals surface area contributed by atoms with E-state index < -0.39 is 0 Å². The van der Waals surface area contributed by atoms with E-state index in [-0.39, 0.29) is 11.2 Å². The van der Waals surface area contributed by atoms with Crippen LogP contribution in [-0.4, -0.2) is 12.9 Å². The number of ether oxygens (including phenoxy) is 1. The molecule has 0 fully saturated rings. The third-order valence-corrected chi connectivity index (χ3v) is 4.94. The lowest BCUT2D eigenvalue weighted by molar-refractivity contribution is -0.124. The number of benzene rings is 2. The van der Waals surface area contributed by atoms with Gasteiger partial charge in [-0.3, -0.25) is 4.79 Å². The largest absolute Gasteiger partial charge is 0.497 e. The Morgan fingerprint density at radius 3 is 1.31 bits per heavy atom. The molecule has 0 saturated carbocycles. The molecule has 2 nitrogen and oxygen atoms in total. The smallest absolute Gasteiger partial charge is 0.135 e. The molecule has 2 heteroatoms. The van der Waals surface area contributed by atoms with Crippen LogP contribution in [0.2, 0.25) is 0 Å². The van der Waals surface area contributed by atoms with E-state index in [2.05, 4.69) is 77.9 Å². The maximum absolute atomic E-state index is 10.5. The minimum absolute atomic E-state index is 0.139. The number of rotatable bonds is 6. The number of hydrogen-bond acceptors (Lipinski definition) is 2. The van der Waals surface area contributed by atoms with Crippen LogP contribution in [0.25, 0.3) is 0 Å². The molecule has 0 aromatic heterocycles. The molecule has 2 aromatic carbocycles. The van der Waals surface area contributed by atoms with Crippen molar-refractivity contribution in [1.29, 1.82) is 0 Å². The van der Waals surface area contributed by atoms with Crippen molar-refractivity contribution in [2.75, 3.05) is 7.11 Å². The number of hydrogen-bond donors (Lipinski definition) is 0. The average molecular weight is 487 g/mol. The van der Waals surface area contributed by atoms with Gasteiger partial charge in [0.15, 0.2) is 0 Å². The van der Waals surface area contributed by atoms with Crippen LogP contribution >= 0.6 is 0 Å². The Morgan fingerprint density at radius 1 is 0.771 bits per heavy atom. The first-order chi connectivity index (χ1) is 16.5. The van der Waals surface area contributed by atoms with Crippen molar-refractivity contribution in [3.63, 3.8) is 0 Å². The van der Waals surface area contributed by atoms with Gasteiger partial charge in [0.25, 0.3) is 0 Å². The summed E-state index contributed by atoms with van der Waals surface area (Å²) in [7, 11) is 1.69. The first-order valence-electron chi connectivity index (χ1n) is 13.7. The van der Waals surface area contributed by atoms with E-state index in [9.17, 15) is 4.79 Å². The van der Waals surface area contributed by atoms with E-state index >= 15 is 0 Å². The van der Waals surface area contributed by atoms with Crippen LogP contribution < -0.4 is 4.74 Å². The highest BCUT2D eigenvalue weighted by molar-refractivity contribution is 5.80. The highest BCUT2D eigenvalue weighted by Crippen LogP contribution is 2.15. The summed E-state index contributed by atoms with van der Waals surface area (Å²) in [6, 6.07) is 17.2. The second-order valence-electron chi connectivity index (χ2n) is 9.76. The maximum atomic E-state index is 10.5. The molecule has 0 N–H and O–H groups in total. The number of ketones is 1. The van der Waals surface area contributed by atoms with E-state index in [1.807, 2.05) is 46.8 Å². The van der Waals surface area contributed by atoms with Crippen molar-refractivity contribution < 1.29 is 9.53 Å². The van der Waals surface area contributed by atoms with Crippen LogP contribution in [0.5, 0.6) is 5.75 Å². The fraction of sp³-hybridized carbons (Fsp3) is 0.606. The lowest BCUT2D eigenvalue weighted by Gasteiger charge is -2.11. The average Bonchev–Trinajstić information content (AvgIpc) is 2.82. The zero-order valence-electron chi connectivity index (χ0n) is 25.5. The molecule has 202 valence electrons. The van der Waals surface area contributed by atoms with Gasteiger partial charge in [0.05, 0.1) is 7.11 Å². The molecule has 35 heavy (non-hydrogen) atoms. The van der Waals surface area contributed by atoms with Crippen molar-refractivity contribution in [2.24, 2.45) is 5.41 Å². The zero-order chi connectivity index (χ0) is 27.9. The summed E-state index contributed by atoms with van der Waals surface area (Å²) in [6.45, 7) is 24.5. The van der Waals surface area contributed by atoms with Gasteiger partial charge >= 0.3 is 0 Å². The van der Waals surface area contributed by atoms with E-state index in [1.54, 1.807) is 14.0 Å². The molecule has 0 bridgehead atoms. The minimum Gasteiger partial charge on any atom is -0.497 e. The Balaban J connectivity index is -0.000000412. The van der Waals surface area contributed by atoms with Crippen molar-refractivity contribution in [3.8, 4) is 5.75 Å². The summed E-state index contributed by atoms with van der Waals surface area (Å²) in [5.41, 5.74) is 4.14. The van der Waals surface area contributed by atoms with E-state index in [1.165, 1.54) is 42.4 Å². The molecule has 0 aliphatic carbocycles. The van der Waals surface area contributed by atoms with Crippen LogP contribution in [0.4, 0.5) is 0 Å². The predicted molar refractivity (Wildman–Crippen MR) is 159 cm³/mol. The Kier molecular flexibility index (Phi) is 25.3. The number of methoxy groups -OCH3 is 1. The molecule has 0 spiro atoms. The third-order valence-electron chi connectivity index (χ3n) is 4.94. The first-order valence-corrected chi connectivity index (χ1v) is 13.7. The van der Waals surface area contributed by atoms with Gasteiger partial charge in [-0.05, 0) is 54.5 Å². The van der Waals surface area contributed by atoms with Gasteiger partial charge < -0.3 is 4.74 Å². The normalized spacial score (nSPS) is 9.66. The zero-order valence-corrected chi connectivity index (χ0v) is 25.5. The Labute approximate surface area is 219 Å². The van der Waals surface area contributed by atoms with Crippen LogP contribution in [0, 0.1) is 5.41 Å². The Hall–Kier alpha value is -2.09. The van der Waals surface area contributed by atoms with Crippen molar-refractivity contribution in [2.45, 2.75) is 121 Å². The highest BCUT2D eigenvalue weighted by atomic mass is 16.5. The monoisotopic (exact) mass is 486 g/mol. The molecule has 0 aliphatic heterocycles. The summed E-state index contributed by atoms with van der Waals surface area (Å²) in [5.74, 6) is 1.83. The molecular weight excluding hydrogens is 428 g/mol. The van der Waals surface area contributed by atoms with Crippen LogP contribution in [0.1, 0.15) is 125 Å². The number of Topliss-reactive ketones (excluding diaryl/α,β-unsaturated/α-hetero) is 1. The molecule has 0 aliphatic rings. The van der Waals surface area contributed by atoms with E-state index in [4.69, 9.17) is 4.74 Å². The summed E-state index contributed by atoms with van der Waals surface area (Å²) < 4.78 is 5.05. The summed E-state index contributed by atoms with van der Waals surface area (Å²) in [4.78, 5) is 10.5.